The minimum atomic E-state index is -4.63. The van der Waals surface area contributed by atoms with Crippen LogP contribution in [0.1, 0.15) is 44.3 Å². The average molecular weight is 645 g/mol. The summed E-state index contributed by atoms with van der Waals surface area (Å²) in [5, 5.41) is 18.2. The third-order valence-corrected chi connectivity index (χ3v) is 9.13. The zero-order valence-corrected chi connectivity index (χ0v) is 25.2. The van der Waals surface area contributed by atoms with Crippen molar-refractivity contribution in [1.82, 2.24) is 44.9 Å². The van der Waals surface area contributed by atoms with Gasteiger partial charge in [0.15, 0.2) is 5.69 Å². The zero-order valence-electron chi connectivity index (χ0n) is 24.5. The minimum Gasteiger partial charge on any atom is -0.487 e. The molecule has 0 radical (unpaired) electrons. The van der Waals surface area contributed by atoms with E-state index in [1.165, 1.54) is 29.6 Å². The molecule has 0 amide bonds. The van der Waals surface area contributed by atoms with Crippen molar-refractivity contribution in [3.8, 4) is 16.9 Å². The van der Waals surface area contributed by atoms with Crippen molar-refractivity contribution in [2.45, 2.75) is 63.5 Å². The van der Waals surface area contributed by atoms with Gasteiger partial charge in [-0.25, -0.2) is 14.6 Å². The maximum absolute atomic E-state index is 14.0. The number of halogens is 4. The fourth-order valence-corrected chi connectivity index (χ4v) is 6.77. The number of anilines is 2. The van der Waals surface area contributed by atoms with Gasteiger partial charge in [-0.3, -0.25) is 9.58 Å². The molecule has 1 saturated carbocycles. The van der Waals surface area contributed by atoms with Crippen LogP contribution in [0.5, 0.6) is 5.75 Å². The highest BCUT2D eigenvalue weighted by Gasteiger charge is 2.54. The van der Waals surface area contributed by atoms with E-state index in [4.69, 9.17) is 21.1 Å². The van der Waals surface area contributed by atoms with E-state index in [1.807, 2.05) is 6.92 Å². The summed E-state index contributed by atoms with van der Waals surface area (Å²) in [5.74, 6) is 0.482. The summed E-state index contributed by atoms with van der Waals surface area (Å²) in [5.41, 5.74) is 0.386. The maximum Gasteiger partial charge on any atom is 0.437 e. The number of ether oxygens (including phenoxy) is 2. The lowest BCUT2D eigenvalue weighted by molar-refractivity contribution is -0.142. The number of nitrogens with one attached hydrogen (secondary N) is 1. The van der Waals surface area contributed by atoms with E-state index in [1.54, 1.807) is 22.9 Å². The lowest BCUT2D eigenvalue weighted by atomic mass is 9.60. The first-order valence-electron chi connectivity index (χ1n) is 14.9. The van der Waals surface area contributed by atoms with E-state index in [9.17, 15) is 13.2 Å². The summed E-state index contributed by atoms with van der Waals surface area (Å²) in [4.78, 5) is 11.1. The van der Waals surface area contributed by atoms with Crippen LogP contribution in [0.25, 0.3) is 11.1 Å². The quantitative estimate of drug-likeness (QED) is 0.266. The van der Waals surface area contributed by atoms with Gasteiger partial charge >= 0.3 is 6.18 Å². The van der Waals surface area contributed by atoms with Gasteiger partial charge in [0.1, 0.15) is 18.2 Å². The molecule has 5 heterocycles. The third-order valence-electron chi connectivity index (χ3n) is 8.82. The Balaban J connectivity index is 1.00. The Morgan fingerprint density at radius 1 is 1.11 bits per heavy atom. The lowest BCUT2D eigenvalue weighted by Gasteiger charge is -2.61. The average Bonchev–Trinajstić information content (AvgIpc) is 3.64. The Kier molecular flexibility index (Phi) is 7.86. The summed E-state index contributed by atoms with van der Waals surface area (Å²) >= 11 is 6.36. The fourth-order valence-electron chi connectivity index (χ4n) is 6.61. The summed E-state index contributed by atoms with van der Waals surface area (Å²) in [6.45, 7) is 5.87. The highest BCUT2D eigenvalue weighted by atomic mass is 35.5. The number of rotatable bonds is 9. The SMILES string of the molecule is CC(Cn1cnnn1)Oc1cc(-c2cnc(Nc3cn(C4CC5(C4)CN(C4CCOCC4)C5)nc3C(F)(F)F)nc2)ccc1Cl. The van der Waals surface area contributed by atoms with Crippen molar-refractivity contribution < 1.29 is 22.6 Å². The van der Waals surface area contributed by atoms with Crippen LogP contribution in [0.3, 0.4) is 0 Å². The van der Waals surface area contributed by atoms with Crippen LogP contribution >= 0.6 is 11.6 Å². The standard InChI is InChI=1S/C29H32ClF3N10O2/c1-18(13-42-17-36-39-40-42)45-25-8-19(2-3-23(25)30)20-11-34-27(35-12-20)37-24-14-43(38-26(24)29(31,32)33)22-9-28(10-22)15-41(16-28)21-4-6-44-7-5-21/h2-3,8,11-12,14,17-18,21-22H,4-7,9-10,13,15-16H2,1H3,(H,34,35,37). The number of aromatic nitrogens is 8. The van der Waals surface area contributed by atoms with Crippen molar-refractivity contribution in [3.05, 3.63) is 53.8 Å². The molecule has 1 atom stereocenters. The Morgan fingerprint density at radius 3 is 2.56 bits per heavy atom. The van der Waals surface area contributed by atoms with Crippen molar-refractivity contribution >= 4 is 23.2 Å². The molecule has 238 valence electrons. The number of tetrazole rings is 1. The predicted molar refractivity (Wildman–Crippen MR) is 157 cm³/mol. The Hall–Kier alpha value is -3.82. The second kappa shape index (κ2) is 11.8. The molecule has 2 saturated heterocycles. The number of likely N-dealkylation sites (tertiary alicyclic amines) is 1. The van der Waals surface area contributed by atoms with Crippen molar-refractivity contribution in [1.29, 1.82) is 0 Å². The van der Waals surface area contributed by atoms with Gasteiger partial charge in [0.2, 0.25) is 5.95 Å². The van der Waals surface area contributed by atoms with E-state index in [2.05, 4.69) is 40.8 Å². The molecule has 45 heavy (non-hydrogen) atoms. The first-order chi connectivity index (χ1) is 21.6. The number of benzene rings is 1. The Labute approximate surface area is 261 Å². The number of hydrogen-bond donors (Lipinski definition) is 1. The van der Waals surface area contributed by atoms with Crippen LogP contribution in [0.4, 0.5) is 24.8 Å². The Bertz CT molecular complexity index is 1610. The number of alkyl halides is 3. The zero-order chi connectivity index (χ0) is 31.2. The van der Waals surface area contributed by atoms with Gasteiger partial charge in [-0.05, 0) is 66.1 Å². The van der Waals surface area contributed by atoms with Crippen molar-refractivity contribution in [2.24, 2.45) is 5.41 Å². The highest BCUT2D eigenvalue weighted by molar-refractivity contribution is 6.32. The van der Waals surface area contributed by atoms with Gasteiger partial charge in [-0.15, -0.1) is 5.10 Å². The normalized spacial score (nSPS) is 19.7. The van der Waals surface area contributed by atoms with Crippen LogP contribution in [0.2, 0.25) is 5.02 Å². The molecule has 2 aliphatic heterocycles. The fraction of sp³-hybridized carbons (Fsp3) is 0.517. The topological polar surface area (TPSA) is 121 Å². The van der Waals surface area contributed by atoms with Gasteiger partial charge in [0, 0.05) is 56.5 Å². The highest BCUT2D eigenvalue weighted by Crippen LogP contribution is 2.55. The van der Waals surface area contributed by atoms with E-state index < -0.39 is 11.9 Å². The lowest BCUT2D eigenvalue weighted by Crippen LogP contribution is -2.65. The summed E-state index contributed by atoms with van der Waals surface area (Å²) in [6.07, 6.45) is 4.79. The Morgan fingerprint density at radius 2 is 1.87 bits per heavy atom. The molecule has 1 aromatic carbocycles. The monoisotopic (exact) mass is 644 g/mol. The van der Waals surface area contributed by atoms with Gasteiger partial charge in [-0.1, -0.05) is 17.7 Å². The number of hydrogen-bond acceptors (Lipinski definition) is 10. The third kappa shape index (κ3) is 6.33. The molecule has 3 fully saturated rings. The van der Waals surface area contributed by atoms with Crippen molar-refractivity contribution in [2.75, 3.05) is 31.6 Å². The van der Waals surface area contributed by atoms with Gasteiger partial charge in [0.05, 0.1) is 23.3 Å². The molecule has 1 N–H and O–H groups in total. The summed E-state index contributed by atoms with van der Waals surface area (Å²) in [7, 11) is 0. The second-order valence-electron chi connectivity index (χ2n) is 12.2. The van der Waals surface area contributed by atoms with Crippen LogP contribution in [-0.4, -0.2) is 83.3 Å². The number of nitrogens with zero attached hydrogens (tertiary/aromatic N) is 9. The van der Waals surface area contributed by atoms with Crippen molar-refractivity contribution in [3.63, 3.8) is 0 Å². The molecule has 3 aromatic heterocycles. The molecule has 1 spiro atoms. The molecule has 16 heteroatoms. The van der Waals surface area contributed by atoms with Gasteiger partial charge in [-0.2, -0.15) is 18.3 Å². The van der Waals surface area contributed by atoms with E-state index in [0.717, 1.165) is 57.6 Å². The van der Waals surface area contributed by atoms with Crippen LogP contribution < -0.4 is 10.1 Å². The van der Waals surface area contributed by atoms with E-state index in [0.29, 0.717) is 28.9 Å². The molecule has 1 unspecified atom stereocenters. The minimum absolute atomic E-state index is 0.0282. The molecule has 1 aliphatic carbocycles. The smallest absolute Gasteiger partial charge is 0.437 e. The molecule has 3 aliphatic rings. The molecule has 4 aromatic rings. The van der Waals surface area contributed by atoms with Crippen LogP contribution in [0, 0.1) is 5.41 Å². The van der Waals surface area contributed by atoms with Gasteiger partial charge in [0.25, 0.3) is 0 Å². The molecule has 7 rings (SSSR count). The summed E-state index contributed by atoms with van der Waals surface area (Å²) in [6, 6.07) is 5.73. The molecular formula is C29H32ClF3N10O2. The first kappa shape index (κ1) is 29.9. The summed E-state index contributed by atoms with van der Waals surface area (Å²) < 4.78 is 56.4. The molecule has 0 bridgehead atoms. The molecule has 12 nitrogen and oxygen atoms in total. The van der Waals surface area contributed by atoms with Crippen LogP contribution in [0.15, 0.2) is 43.1 Å². The van der Waals surface area contributed by atoms with E-state index in [-0.39, 0.29) is 29.2 Å². The largest absolute Gasteiger partial charge is 0.487 e. The predicted octanol–water partition coefficient (Wildman–Crippen LogP) is 5.03. The molecular weight excluding hydrogens is 613 g/mol. The first-order valence-corrected chi connectivity index (χ1v) is 15.3. The van der Waals surface area contributed by atoms with Gasteiger partial charge < -0.3 is 14.8 Å². The van der Waals surface area contributed by atoms with Crippen LogP contribution in [-0.2, 0) is 17.5 Å². The maximum atomic E-state index is 14.0. The van der Waals surface area contributed by atoms with E-state index >= 15 is 0 Å². The second-order valence-corrected chi connectivity index (χ2v) is 12.6.